The number of imidazole rings is 1. The summed E-state index contributed by atoms with van der Waals surface area (Å²) >= 11 is 0. The monoisotopic (exact) mass is 309 g/mol. The molecule has 0 aromatic carbocycles. The lowest BCUT2D eigenvalue weighted by atomic mass is 10.0. The lowest BCUT2D eigenvalue weighted by Crippen LogP contribution is -2.29. The molecule has 0 saturated carbocycles. The Labute approximate surface area is 133 Å². The van der Waals surface area contributed by atoms with Crippen LogP contribution in [0.1, 0.15) is 29.8 Å². The van der Waals surface area contributed by atoms with Gasteiger partial charge in [-0.2, -0.15) is 10.2 Å². The van der Waals surface area contributed by atoms with Gasteiger partial charge in [0, 0.05) is 38.2 Å². The minimum absolute atomic E-state index is 0.249. The number of amides is 1. The fraction of sp³-hybridized carbons (Fsp3) is 0.333. The molecule has 116 valence electrons. The molecule has 0 aliphatic carbocycles. The number of carbonyl (C=O) groups is 1. The lowest BCUT2D eigenvalue weighted by molar-refractivity contribution is 0.0946. The maximum Gasteiger partial charge on any atom is 0.271 e. The molecule has 0 unspecified atom stereocenters. The standard InChI is InChI=1S/C15H15N7O/c1-2-3-4-15(20-21-15)5-6-18-14(23)12-9-17-10-13(19-12)22-8-7-16-11-22/h1,7-11H,3-6H2,(H,18,23). The van der Waals surface area contributed by atoms with Crippen LogP contribution in [0.3, 0.4) is 0 Å². The average molecular weight is 309 g/mol. The van der Waals surface area contributed by atoms with Crippen molar-refractivity contribution >= 4 is 5.91 Å². The Kier molecular flexibility index (Phi) is 4.10. The first kappa shape index (κ1) is 14.8. The van der Waals surface area contributed by atoms with Crippen LogP contribution in [0.4, 0.5) is 0 Å². The molecule has 1 N–H and O–H groups in total. The molecule has 3 rings (SSSR count). The van der Waals surface area contributed by atoms with Crippen LogP contribution in [0.25, 0.3) is 5.82 Å². The molecule has 0 spiro atoms. The molecule has 0 fully saturated rings. The molecule has 8 heteroatoms. The Hall–Kier alpha value is -3.08. The molecule has 0 atom stereocenters. The largest absolute Gasteiger partial charge is 0.350 e. The zero-order valence-corrected chi connectivity index (χ0v) is 12.4. The summed E-state index contributed by atoms with van der Waals surface area (Å²) in [6.45, 7) is 0.452. The van der Waals surface area contributed by atoms with Gasteiger partial charge in [0.2, 0.25) is 0 Å². The van der Waals surface area contributed by atoms with Crippen molar-refractivity contribution < 1.29 is 4.79 Å². The molecule has 2 aromatic heterocycles. The summed E-state index contributed by atoms with van der Waals surface area (Å²) in [7, 11) is 0. The maximum absolute atomic E-state index is 12.2. The van der Waals surface area contributed by atoms with Crippen molar-refractivity contribution in [2.24, 2.45) is 10.2 Å². The Bertz CT molecular complexity index is 754. The number of aromatic nitrogens is 4. The smallest absolute Gasteiger partial charge is 0.271 e. The average Bonchev–Trinajstić information content (AvgIpc) is 3.12. The van der Waals surface area contributed by atoms with Crippen LogP contribution in [0.5, 0.6) is 0 Å². The number of carbonyl (C=O) groups excluding carboxylic acids is 1. The second-order valence-electron chi connectivity index (χ2n) is 5.12. The highest BCUT2D eigenvalue weighted by Crippen LogP contribution is 2.35. The van der Waals surface area contributed by atoms with E-state index in [2.05, 4.69) is 36.4 Å². The van der Waals surface area contributed by atoms with E-state index in [1.54, 1.807) is 29.5 Å². The van der Waals surface area contributed by atoms with Gasteiger partial charge in [0.15, 0.2) is 11.5 Å². The van der Waals surface area contributed by atoms with Crippen LogP contribution < -0.4 is 5.32 Å². The van der Waals surface area contributed by atoms with Gasteiger partial charge in [-0.05, 0) is 0 Å². The Morgan fingerprint density at radius 2 is 2.17 bits per heavy atom. The van der Waals surface area contributed by atoms with Crippen molar-refractivity contribution in [1.82, 2.24) is 24.8 Å². The SMILES string of the molecule is C#CCCC1(CCNC(=O)c2cncc(-n3ccnc3)n2)N=N1. The fourth-order valence-corrected chi connectivity index (χ4v) is 2.12. The van der Waals surface area contributed by atoms with E-state index in [0.717, 1.165) is 6.42 Å². The number of hydrogen-bond acceptors (Lipinski definition) is 6. The molecular formula is C15H15N7O. The molecule has 0 bridgehead atoms. The summed E-state index contributed by atoms with van der Waals surface area (Å²) in [5, 5.41) is 10.9. The number of rotatable bonds is 7. The molecule has 0 radical (unpaired) electrons. The molecule has 2 aromatic rings. The first-order valence-corrected chi connectivity index (χ1v) is 7.18. The highest BCUT2D eigenvalue weighted by atomic mass is 16.1. The van der Waals surface area contributed by atoms with E-state index >= 15 is 0 Å². The second-order valence-corrected chi connectivity index (χ2v) is 5.12. The third-order valence-corrected chi connectivity index (χ3v) is 3.49. The molecule has 0 saturated heterocycles. The first-order valence-electron chi connectivity index (χ1n) is 7.18. The van der Waals surface area contributed by atoms with E-state index in [0.29, 0.717) is 25.2 Å². The summed E-state index contributed by atoms with van der Waals surface area (Å²) in [6, 6.07) is 0. The lowest BCUT2D eigenvalue weighted by Gasteiger charge is -2.10. The minimum Gasteiger partial charge on any atom is -0.350 e. The second kappa shape index (κ2) is 6.36. The topological polar surface area (TPSA) is 97.4 Å². The summed E-state index contributed by atoms with van der Waals surface area (Å²) in [4.78, 5) is 24.4. The molecule has 1 amide bonds. The summed E-state index contributed by atoms with van der Waals surface area (Å²) in [5.74, 6) is 2.83. The van der Waals surface area contributed by atoms with Crippen LogP contribution in [-0.4, -0.2) is 37.6 Å². The van der Waals surface area contributed by atoms with Crippen molar-refractivity contribution in [2.75, 3.05) is 6.54 Å². The van der Waals surface area contributed by atoms with Crippen LogP contribution in [0.2, 0.25) is 0 Å². The van der Waals surface area contributed by atoms with Gasteiger partial charge < -0.3 is 5.32 Å². The summed E-state index contributed by atoms with van der Waals surface area (Å²) in [5.41, 5.74) is -0.150. The third kappa shape index (κ3) is 3.58. The maximum atomic E-state index is 12.2. The normalized spacial score (nSPS) is 14.2. The van der Waals surface area contributed by atoms with Gasteiger partial charge in [0.1, 0.15) is 12.0 Å². The molecule has 1 aliphatic rings. The van der Waals surface area contributed by atoms with Crippen LogP contribution in [0, 0.1) is 12.3 Å². The fourth-order valence-electron chi connectivity index (χ4n) is 2.12. The van der Waals surface area contributed by atoms with E-state index in [9.17, 15) is 4.79 Å². The van der Waals surface area contributed by atoms with Crippen molar-refractivity contribution in [3.63, 3.8) is 0 Å². The number of hydrogen-bond donors (Lipinski definition) is 1. The van der Waals surface area contributed by atoms with Crippen LogP contribution in [-0.2, 0) is 0 Å². The minimum atomic E-state index is -0.399. The zero-order valence-electron chi connectivity index (χ0n) is 12.4. The van der Waals surface area contributed by atoms with Crippen molar-refractivity contribution in [2.45, 2.75) is 24.9 Å². The predicted molar refractivity (Wildman–Crippen MR) is 81.8 cm³/mol. The van der Waals surface area contributed by atoms with Crippen molar-refractivity contribution in [3.8, 4) is 18.2 Å². The predicted octanol–water partition coefficient (Wildman–Crippen LogP) is 1.36. The van der Waals surface area contributed by atoms with Crippen LogP contribution in [0.15, 0.2) is 41.3 Å². The third-order valence-electron chi connectivity index (χ3n) is 3.49. The van der Waals surface area contributed by atoms with E-state index in [1.165, 1.54) is 6.20 Å². The first-order chi connectivity index (χ1) is 11.2. The van der Waals surface area contributed by atoms with Crippen LogP contribution >= 0.6 is 0 Å². The van der Waals surface area contributed by atoms with E-state index in [-0.39, 0.29) is 11.6 Å². The van der Waals surface area contributed by atoms with E-state index < -0.39 is 5.66 Å². The molecule has 1 aliphatic heterocycles. The van der Waals surface area contributed by atoms with Crippen molar-refractivity contribution in [1.29, 1.82) is 0 Å². The van der Waals surface area contributed by atoms with E-state index in [1.807, 2.05) is 0 Å². The van der Waals surface area contributed by atoms with Gasteiger partial charge in [0.05, 0.1) is 12.4 Å². The number of nitrogens with one attached hydrogen (secondary N) is 1. The van der Waals surface area contributed by atoms with E-state index in [4.69, 9.17) is 6.42 Å². The molecule has 8 nitrogen and oxygen atoms in total. The van der Waals surface area contributed by atoms with Gasteiger partial charge >= 0.3 is 0 Å². The molecule has 3 heterocycles. The molecule has 23 heavy (non-hydrogen) atoms. The Morgan fingerprint density at radius 3 is 2.87 bits per heavy atom. The molecular weight excluding hydrogens is 294 g/mol. The van der Waals surface area contributed by atoms with Gasteiger partial charge in [-0.1, -0.05) is 0 Å². The quantitative estimate of drug-likeness (QED) is 0.781. The highest BCUT2D eigenvalue weighted by Gasteiger charge is 2.38. The van der Waals surface area contributed by atoms with Gasteiger partial charge in [-0.3, -0.25) is 14.3 Å². The van der Waals surface area contributed by atoms with Gasteiger partial charge in [0.25, 0.3) is 5.91 Å². The number of nitrogens with zero attached hydrogens (tertiary/aromatic N) is 6. The highest BCUT2D eigenvalue weighted by molar-refractivity contribution is 5.92. The zero-order chi connectivity index (χ0) is 16.1. The Balaban J connectivity index is 1.55. The number of terminal acetylenes is 1. The van der Waals surface area contributed by atoms with Gasteiger partial charge in [-0.25, -0.2) is 9.97 Å². The summed E-state index contributed by atoms with van der Waals surface area (Å²) in [6.07, 6.45) is 15.2. The van der Waals surface area contributed by atoms with Gasteiger partial charge in [-0.15, -0.1) is 12.3 Å². The Morgan fingerprint density at radius 1 is 1.30 bits per heavy atom. The summed E-state index contributed by atoms with van der Waals surface area (Å²) < 4.78 is 1.68. The van der Waals surface area contributed by atoms with Crippen molar-refractivity contribution in [3.05, 3.63) is 36.8 Å².